The van der Waals surface area contributed by atoms with Crippen molar-refractivity contribution < 1.29 is 19.1 Å². The average molecular weight is 545 g/mol. The number of carbonyl (C=O) groups is 2. The first-order valence-electron chi connectivity index (χ1n) is 12.7. The fraction of sp³-hybridized carbons (Fsp3) is 0.233. The van der Waals surface area contributed by atoms with E-state index in [1.807, 2.05) is 49.4 Å². The van der Waals surface area contributed by atoms with Gasteiger partial charge in [0.05, 0.1) is 17.2 Å². The number of nitrogens with two attached hydrogens (primary N) is 1. The van der Waals surface area contributed by atoms with Crippen LogP contribution in [0.25, 0.3) is 28.2 Å². The number of amides is 2. The number of hydrogen-bond donors (Lipinski definition) is 3. The number of piperidine rings is 1. The number of aliphatic hydroxyl groups is 1. The van der Waals surface area contributed by atoms with Gasteiger partial charge < -0.3 is 25.5 Å². The van der Waals surface area contributed by atoms with Crippen molar-refractivity contribution in [3.63, 3.8) is 0 Å². The van der Waals surface area contributed by atoms with Gasteiger partial charge in [-0.1, -0.05) is 23.7 Å². The Morgan fingerprint density at radius 2 is 1.87 bits per heavy atom. The van der Waals surface area contributed by atoms with Crippen molar-refractivity contribution in [2.75, 3.05) is 18.8 Å². The highest BCUT2D eigenvalue weighted by Crippen LogP contribution is 2.33. The van der Waals surface area contributed by atoms with Gasteiger partial charge in [0.15, 0.2) is 5.58 Å². The molecule has 0 radical (unpaired) electrons. The number of benzene rings is 2. The number of nitrogens with zero attached hydrogens (tertiary/aromatic N) is 2. The van der Waals surface area contributed by atoms with E-state index in [9.17, 15) is 14.7 Å². The second-order valence-corrected chi connectivity index (χ2v) is 10.4. The molecule has 8 nitrogen and oxygen atoms in total. The van der Waals surface area contributed by atoms with E-state index < -0.39 is 5.60 Å². The van der Waals surface area contributed by atoms with Crippen LogP contribution in [0.1, 0.15) is 41.4 Å². The first-order chi connectivity index (χ1) is 18.7. The standard InChI is InChI=1S/C30H29ClN4O4/c1-30(38)10-12-35(13-11-30)29(37)21-6-4-20(5-7-21)22-14-23-15-24(39-28(23)25(31)16-22)18-34-27(36)9-3-19-2-8-26(32)33-17-19/h2-9,14-17,38H,10-13,18H2,1H3,(H2,32,33)(H,34,36)/b9-3+. The molecule has 1 saturated heterocycles. The zero-order valence-corrected chi connectivity index (χ0v) is 22.2. The molecule has 1 aliphatic heterocycles. The Morgan fingerprint density at radius 3 is 2.56 bits per heavy atom. The number of furan rings is 1. The van der Waals surface area contributed by atoms with E-state index in [-0.39, 0.29) is 18.4 Å². The fourth-order valence-corrected chi connectivity index (χ4v) is 4.78. The lowest BCUT2D eigenvalue weighted by Crippen LogP contribution is -2.45. The van der Waals surface area contributed by atoms with Crippen molar-refractivity contribution in [1.82, 2.24) is 15.2 Å². The number of rotatable bonds is 6. The minimum Gasteiger partial charge on any atom is -0.458 e. The number of nitrogen functional groups attached to an aromatic ring is 1. The van der Waals surface area contributed by atoms with Crippen LogP contribution in [0, 0.1) is 0 Å². The Hall–Kier alpha value is -4.14. The maximum Gasteiger partial charge on any atom is 0.253 e. The van der Waals surface area contributed by atoms with Crippen LogP contribution in [0.5, 0.6) is 0 Å². The lowest BCUT2D eigenvalue weighted by Gasteiger charge is -2.35. The maximum absolute atomic E-state index is 12.9. The summed E-state index contributed by atoms with van der Waals surface area (Å²) in [5.74, 6) is 0.678. The van der Waals surface area contributed by atoms with Gasteiger partial charge >= 0.3 is 0 Å². The van der Waals surface area contributed by atoms with Gasteiger partial charge in [-0.2, -0.15) is 0 Å². The summed E-state index contributed by atoms with van der Waals surface area (Å²) in [7, 11) is 0. The minimum atomic E-state index is -0.704. The number of carbonyl (C=O) groups excluding carboxylic acids is 2. The van der Waals surface area contributed by atoms with Crippen LogP contribution in [0.4, 0.5) is 5.82 Å². The van der Waals surface area contributed by atoms with Gasteiger partial charge in [-0.15, -0.1) is 0 Å². The van der Waals surface area contributed by atoms with Gasteiger partial charge in [-0.05, 0) is 85.0 Å². The molecule has 0 unspecified atom stereocenters. The van der Waals surface area contributed by atoms with E-state index >= 15 is 0 Å². The van der Waals surface area contributed by atoms with E-state index in [1.165, 1.54) is 6.08 Å². The van der Waals surface area contributed by atoms with Crippen LogP contribution in [0.2, 0.25) is 5.02 Å². The van der Waals surface area contributed by atoms with Crippen molar-refractivity contribution in [3.8, 4) is 11.1 Å². The Morgan fingerprint density at radius 1 is 1.13 bits per heavy atom. The molecule has 5 rings (SSSR count). The van der Waals surface area contributed by atoms with Crippen LogP contribution in [-0.2, 0) is 11.3 Å². The molecule has 0 aliphatic carbocycles. The number of halogens is 1. The highest BCUT2D eigenvalue weighted by molar-refractivity contribution is 6.35. The molecule has 39 heavy (non-hydrogen) atoms. The molecule has 3 heterocycles. The second-order valence-electron chi connectivity index (χ2n) is 10.0. The molecule has 2 aromatic heterocycles. The van der Waals surface area contributed by atoms with E-state index in [1.54, 1.807) is 29.3 Å². The van der Waals surface area contributed by atoms with Gasteiger partial charge in [-0.3, -0.25) is 9.59 Å². The number of nitrogens with one attached hydrogen (secondary N) is 1. The Kier molecular flexibility index (Phi) is 7.41. The molecule has 0 saturated carbocycles. The summed E-state index contributed by atoms with van der Waals surface area (Å²) in [5.41, 5.74) is 8.58. The Labute approximate surface area is 231 Å². The predicted molar refractivity (Wildman–Crippen MR) is 152 cm³/mol. The molecule has 2 amide bonds. The van der Waals surface area contributed by atoms with Crippen LogP contribution in [0.15, 0.2) is 71.3 Å². The number of fused-ring (bicyclic) bond motifs is 1. The van der Waals surface area contributed by atoms with E-state index in [4.69, 9.17) is 21.8 Å². The molecular formula is C30H29ClN4O4. The SMILES string of the molecule is CC1(O)CCN(C(=O)c2ccc(-c3cc(Cl)c4oc(CNC(=O)/C=C/c5ccc(N)nc5)cc4c3)cc2)CC1. The largest absolute Gasteiger partial charge is 0.458 e. The molecule has 2 aromatic carbocycles. The summed E-state index contributed by atoms with van der Waals surface area (Å²) in [5, 5.41) is 14.2. The predicted octanol–water partition coefficient (Wildman–Crippen LogP) is 5.05. The zero-order chi connectivity index (χ0) is 27.6. The summed E-state index contributed by atoms with van der Waals surface area (Å²) in [4.78, 5) is 30.9. The molecule has 1 fully saturated rings. The molecule has 0 atom stereocenters. The number of pyridine rings is 1. The number of hydrogen-bond acceptors (Lipinski definition) is 6. The highest BCUT2D eigenvalue weighted by Gasteiger charge is 2.30. The smallest absolute Gasteiger partial charge is 0.253 e. The lowest BCUT2D eigenvalue weighted by molar-refractivity contribution is -0.116. The van der Waals surface area contributed by atoms with Crippen molar-refractivity contribution in [2.45, 2.75) is 31.9 Å². The van der Waals surface area contributed by atoms with Crippen molar-refractivity contribution in [1.29, 1.82) is 0 Å². The van der Waals surface area contributed by atoms with Gasteiger partial charge in [-0.25, -0.2) is 4.98 Å². The molecule has 9 heteroatoms. The maximum atomic E-state index is 12.9. The monoisotopic (exact) mass is 544 g/mol. The summed E-state index contributed by atoms with van der Waals surface area (Å²) in [6.07, 6.45) is 5.81. The van der Waals surface area contributed by atoms with E-state index in [0.29, 0.717) is 53.7 Å². The van der Waals surface area contributed by atoms with Crippen LogP contribution in [0.3, 0.4) is 0 Å². The quantitative estimate of drug-likeness (QED) is 0.292. The van der Waals surface area contributed by atoms with Crippen LogP contribution < -0.4 is 11.1 Å². The third-order valence-corrected chi connectivity index (χ3v) is 7.17. The molecule has 1 aliphatic rings. The van der Waals surface area contributed by atoms with Crippen molar-refractivity contribution in [2.24, 2.45) is 0 Å². The Bertz CT molecular complexity index is 1530. The average Bonchev–Trinajstić information content (AvgIpc) is 3.35. The summed E-state index contributed by atoms with van der Waals surface area (Å²) < 4.78 is 5.89. The van der Waals surface area contributed by atoms with Crippen LogP contribution >= 0.6 is 11.6 Å². The number of likely N-dealkylation sites (tertiary alicyclic amines) is 1. The van der Waals surface area contributed by atoms with Crippen LogP contribution in [-0.4, -0.2) is 45.5 Å². The molecule has 0 spiro atoms. The summed E-state index contributed by atoms with van der Waals surface area (Å²) in [6.45, 7) is 3.09. The summed E-state index contributed by atoms with van der Waals surface area (Å²) >= 11 is 6.53. The van der Waals surface area contributed by atoms with Crippen molar-refractivity contribution >= 4 is 46.3 Å². The second kappa shape index (κ2) is 10.9. The van der Waals surface area contributed by atoms with Crippen molar-refractivity contribution in [3.05, 3.63) is 88.8 Å². The number of anilines is 1. The van der Waals surface area contributed by atoms with Gasteiger partial charge in [0.2, 0.25) is 5.91 Å². The Balaban J connectivity index is 1.24. The van der Waals surface area contributed by atoms with Gasteiger partial charge in [0.1, 0.15) is 11.6 Å². The molecular weight excluding hydrogens is 516 g/mol. The molecule has 4 aromatic rings. The number of aromatic nitrogens is 1. The normalized spacial score (nSPS) is 15.1. The minimum absolute atomic E-state index is 0.0352. The van der Waals surface area contributed by atoms with Gasteiger partial charge in [0, 0.05) is 36.3 Å². The first kappa shape index (κ1) is 26.5. The highest BCUT2D eigenvalue weighted by atomic mass is 35.5. The topological polar surface area (TPSA) is 122 Å². The lowest BCUT2D eigenvalue weighted by atomic mass is 9.93. The third kappa shape index (κ3) is 6.30. The zero-order valence-electron chi connectivity index (χ0n) is 21.5. The third-order valence-electron chi connectivity index (χ3n) is 6.89. The van der Waals surface area contributed by atoms with E-state index in [0.717, 1.165) is 22.1 Å². The fourth-order valence-electron chi connectivity index (χ4n) is 4.52. The van der Waals surface area contributed by atoms with E-state index in [2.05, 4.69) is 10.3 Å². The molecule has 200 valence electrons. The van der Waals surface area contributed by atoms with Gasteiger partial charge in [0.25, 0.3) is 5.91 Å². The molecule has 4 N–H and O–H groups in total. The summed E-state index contributed by atoms with van der Waals surface area (Å²) in [6, 6.07) is 16.5. The first-order valence-corrected chi connectivity index (χ1v) is 13.1. The molecule has 0 bridgehead atoms.